The van der Waals surface area contributed by atoms with E-state index in [1.54, 1.807) is 13.0 Å². The maximum atomic E-state index is 13.3. The van der Waals surface area contributed by atoms with Gasteiger partial charge in [0.05, 0.1) is 37.3 Å². The van der Waals surface area contributed by atoms with E-state index in [4.69, 9.17) is 14.2 Å². The fourth-order valence-electron chi connectivity index (χ4n) is 3.64. The molecule has 0 unspecified atom stereocenters. The zero-order valence-electron chi connectivity index (χ0n) is 18.4. The second-order valence-corrected chi connectivity index (χ2v) is 9.32. The number of benzene rings is 2. The van der Waals surface area contributed by atoms with Gasteiger partial charge in [-0.25, -0.2) is 17.5 Å². The highest BCUT2D eigenvalue weighted by atomic mass is 32.2. The van der Waals surface area contributed by atoms with E-state index in [0.717, 1.165) is 31.9 Å². The molecule has 1 amide bonds. The van der Waals surface area contributed by atoms with Crippen LogP contribution in [0.3, 0.4) is 0 Å². The van der Waals surface area contributed by atoms with Crippen LogP contribution in [0.15, 0.2) is 42.5 Å². The van der Waals surface area contributed by atoms with Crippen molar-refractivity contribution in [1.29, 1.82) is 0 Å². The molecule has 0 bridgehead atoms. The fourth-order valence-corrected chi connectivity index (χ4v) is 4.54. The average molecular weight is 462 g/mol. The summed E-state index contributed by atoms with van der Waals surface area (Å²) in [6.45, 7) is 1.84. The molecule has 2 aromatic carbocycles. The van der Waals surface area contributed by atoms with Gasteiger partial charge in [-0.3, -0.25) is 4.79 Å². The zero-order valence-corrected chi connectivity index (χ0v) is 19.2. The molecule has 3 rings (SSSR count). The molecule has 172 valence electrons. The summed E-state index contributed by atoms with van der Waals surface area (Å²) in [6.07, 6.45) is 4.94. The summed E-state index contributed by atoms with van der Waals surface area (Å²) in [7, 11) is -2.51. The number of esters is 1. The Morgan fingerprint density at radius 3 is 2.38 bits per heavy atom. The summed E-state index contributed by atoms with van der Waals surface area (Å²) in [6, 6.07) is 10.3. The van der Waals surface area contributed by atoms with Crippen LogP contribution < -0.4 is 13.8 Å². The van der Waals surface area contributed by atoms with Crippen molar-refractivity contribution in [2.45, 2.75) is 38.7 Å². The second-order valence-electron chi connectivity index (χ2n) is 7.49. The molecular weight excluding hydrogens is 434 g/mol. The number of amides is 1. The number of nitrogens with zero attached hydrogens (tertiary/aromatic N) is 1. The molecule has 2 aromatic rings. The number of ether oxygens (including phenoxy) is 3. The summed E-state index contributed by atoms with van der Waals surface area (Å²) >= 11 is 0. The van der Waals surface area contributed by atoms with Gasteiger partial charge in [-0.1, -0.05) is 6.07 Å². The van der Waals surface area contributed by atoms with E-state index in [0.29, 0.717) is 15.8 Å². The molecule has 8 nitrogen and oxygen atoms in total. The Morgan fingerprint density at radius 1 is 1.03 bits per heavy atom. The topological polar surface area (TPSA) is 99.2 Å². The highest BCUT2D eigenvalue weighted by Gasteiger charge is 2.29. The van der Waals surface area contributed by atoms with E-state index >= 15 is 0 Å². The van der Waals surface area contributed by atoms with Crippen LogP contribution in [0, 0.1) is 0 Å². The third-order valence-corrected chi connectivity index (χ3v) is 6.15. The first-order chi connectivity index (χ1) is 15.2. The van der Waals surface area contributed by atoms with Gasteiger partial charge < -0.3 is 14.2 Å². The number of hydrogen-bond donors (Lipinski definition) is 0. The Morgan fingerprint density at radius 2 is 1.75 bits per heavy atom. The third-order valence-electron chi connectivity index (χ3n) is 5.11. The van der Waals surface area contributed by atoms with E-state index in [-0.39, 0.29) is 29.5 Å². The number of methoxy groups -OCH3 is 1. The predicted molar refractivity (Wildman–Crippen MR) is 120 cm³/mol. The van der Waals surface area contributed by atoms with Crippen molar-refractivity contribution in [3.8, 4) is 11.5 Å². The maximum Gasteiger partial charge on any atom is 0.338 e. The van der Waals surface area contributed by atoms with Crippen molar-refractivity contribution >= 4 is 27.6 Å². The molecule has 0 radical (unpaired) electrons. The Balaban J connectivity index is 1.98. The summed E-state index contributed by atoms with van der Waals surface area (Å²) in [5, 5.41) is 0. The lowest BCUT2D eigenvalue weighted by Crippen LogP contribution is -2.36. The van der Waals surface area contributed by atoms with Crippen LogP contribution in [-0.2, 0) is 14.8 Å². The smallest absolute Gasteiger partial charge is 0.338 e. The molecule has 0 aromatic heterocycles. The van der Waals surface area contributed by atoms with Crippen molar-refractivity contribution in [1.82, 2.24) is 0 Å². The van der Waals surface area contributed by atoms with Crippen molar-refractivity contribution in [3.63, 3.8) is 0 Å². The van der Waals surface area contributed by atoms with E-state index in [1.165, 1.54) is 43.5 Å². The summed E-state index contributed by atoms with van der Waals surface area (Å²) < 4.78 is 42.2. The third kappa shape index (κ3) is 5.40. The second kappa shape index (κ2) is 10.0. The highest BCUT2D eigenvalue weighted by Crippen LogP contribution is 2.33. The van der Waals surface area contributed by atoms with Gasteiger partial charge in [0.15, 0.2) is 11.5 Å². The number of hydrogen-bond acceptors (Lipinski definition) is 7. The Hall–Kier alpha value is -3.07. The van der Waals surface area contributed by atoms with Gasteiger partial charge >= 0.3 is 5.97 Å². The lowest BCUT2D eigenvalue weighted by Gasteiger charge is -2.22. The first-order valence-corrected chi connectivity index (χ1v) is 12.3. The molecular formula is C23H27NO7S. The predicted octanol–water partition coefficient (Wildman–Crippen LogP) is 3.80. The monoisotopic (exact) mass is 461 g/mol. The first kappa shape index (κ1) is 23.6. The molecule has 1 aliphatic rings. The molecule has 1 saturated carbocycles. The number of anilines is 1. The van der Waals surface area contributed by atoms with Crippen molar-refractivity contribution in [3.05, 3.63) is 53.6 Å². The minimum absolute atomic E-state index is 0.0292. The first-order valence-electron chi connectivity index (χ1n) is 10.4. The van der Waals surface area contributed by atoms with Crippen LogP contribution in [0.25, 0.3) is 0 Å². The van der Waals surface area contributed by atoms with Crippen LogP contribution >= 0.6 is 0 Å². The van der Waals surface area contributed by atoms with Crippen LogP contribution in [0.2, 0.25) is 0 Å². The molecule has 1 fully saturated rings. The lowest BCUT2D eigenvalue weighted by molar-refractivity contribution is 0.0526. The average Bonchev–Trinajstić information content (AvgIpc) is 3.26. The Kier molecular flexibility index (Phi) is 7.40. The van der Waals surface area contributed by atoms with E-state index in [9.17, 15) is 18.0 Å². The van der Waals surface area contributed by atoms with Crippen molar-refractivity contribution in [2.24, 2.45) is 0 Å². The number of rotatable bonds is 8. The van der Waals surface area contributed by atoms with Crippen LogP contribution in [0.4, 0.5) is 5.69 Å². The SMILES string of the molecule is CCOC(=O)c1cccc(N(C(=O)c2ccc(OC)c(OC3CCCC3)c2)S(C)(=O)=O)c1. The summed E-state index contributed by atoms with van der Waals surface area (Å²) in [4.78, 5) is 25.4. The number of carbonyl (C=O) groups is 2. The quantitative estimate of drug-likeness (QED) is 0.551. The Labute approximate surface area is 188 Å². The van der Waals surface area contributed by atoms with Crippen LogP contribution in [0.1, 0.15) is 53.3 Å². The van der Waals surface area contributed by atoms with Crippen LogP contribution in [-0.4, -0.2) is 46.4 Å². The molecule has 1 aliphatic carbocycles. The van der Waals surface area contributed by atoms with Gasteiger partial charge in [0.1, 0.15) is 0 Å². The van der Waals surface area contributed by atoms with Gasteiger partial charge in [0, 0.05) is 5.56 Å². The highest BCUT2D eigenvalue weighted by molar-refractivity contribution is 7.92. The van der Waals surface area contributed by atoms with Gasteiger partial charge in [-0.2, -0.15) is 0 Å². The molecule has 32 heavy (non-hydrogen) atoms. The number of carbonyl (C=O) groups excluding carboxylic acids is 2. The summed E-state index contributed by atoms with van der Waals surface area (Å²) in [5.41, 5.74) is 0.300. The molecule has 9 heteroatoms. The fraction of sp³-hybridized carbons (Fsp3) is 0.391. The molecule has 0 spiro atoms. The van der Waals surface area contributed by atoms with Gasteiger partial charge in [0.25, 0.3) is 5.91 Å². The molecule has 0 saturated heterocycles. The van der Waals surface area contributed by atoms with E-state index in [1.807, 2.05) is 0 Å². The van der Waals surface area contributed by atoms with E-state index in [2.05, 4.69) is 0 Å². The maximum absolute atomic E-state index is 13.3. The molecule has 0 aliphatic heterocycles. The van der Waals surface area contributed by atoms with Gasteiger partial charge in [-0.05, 0) is 69.0 Å². The number of sulfonamides is 1. The van der Waals surface area contributed by atoms with Gasteiger partial charge in [-0.15, -0.1) is 0 Å². The van der Waals surface area contributed by atoms with E-state index < -0.39 is 21.9 Å². The standard InChI is InChI=1S/C23H27NO7S/c1-4-30-23(26)17-8-7-9-18(14-17)24(32(3,27)28)22(25)16-12-13-20(29-2)21(15-16)31-19-10-5-6-11-19/h7-9,12-15,19H,4-6,10-11H2,1-3H3. The minimum atomic E-state index is -4.01. The normalized spacial score (nSPS) is 14.1. The molecule has 0 N–H and O–H groups in total. The largest absolute Gasteiger partial charge is 0.493 e. The van der Waals surface area contributed by atoms with Crippen LogP contribution in [0.5, 0.6) is 11.5 Å². The zero-order chi connectivity index (χ0) is 23.3. The Bertz CT molecular complexity index is 1090. The minimum Gasteiger partial charge on any atom is -0.493 e. The molecule has 0 heterocycles. The van der Waals surface area contributed by atoms with Crippen molar-refractivity contribution in [2.75, 3.05) is 24.3 Å². The lowest BCUT2D eigenvalue weighted by atomic mass is 10.1. The van der Waals surface area contributed by atoms with Crippen molar-refractivity contribution < 1.29 is 32.2 Å². The molecule has 0 atom stereocenters. The summed E-state index contributed by atoms with van der Waals surface area (Å²) in [5.74, 6) is -0.526. The van der Waals surface area contributed by atoms with Gasteiger partial charge in [0.2, 0.25) is 10.0 Å².